The van der Waals surface area contributed by atoms with Gasteiger partial charge in [-0.1, -0.05) is 104 Å². The molecule has 464 valence electrons. The number of aliphatic hydroxyl groups excluding tert-OH is 1. The molecule has 88 heavy (non-hydrogen) atoms. The van der Waals surface area contributed by atoms with E-state index in [1.807, 2.05) is 84.9 Å². The Kier molecular flexibility index (Phi) is 21.5. The van der Waals surface area contributed by atoms with Gasteiger partial charge in [0.2, 0.25) is 29.2 Å². The van der Waals surface area contributed by atoms with Crippen molar-refractivity contribution < 1.29 is 52.9 Å². The zero-order valence-electron chi connectivity index (χ0n) is 49.4. The molecule has 6 atom stereocenters. The molecule has 4 heterocycles. The number of esters is 2. The molecule has 0 radical (unpaired) electrons. The fourth-order valence-corrected chi connectivity index (χ4v) is 11.9. The van der Waals surface area contributed by atoms with Crippen molar-refractivity contribution in [1.29, 1.82) is 0 Å². The van der Waals surface area contributed by atoms with Gasteiger partial charge in [-0.25, -0.2) is 14.6 Å². The van der Waals surface area contributed by atoms with Crippen LogP contribution in [0.2, 0.25) is 0 Å². The summed E-state index contributed by atoms with van der Waals surface area (Å²) in [6.07, 6.45) is 0.307. The second-order valence-electron chi connectivity index (χ2n) is 22.6. The predicted octanol–water partition coefficient (Wildman–Crippen LogP) is 4.84. The largest absolute Gasteiger partial charge is 0.457 e. The van der Waals surface area contributed by atoms with E-state index in [0.29, 0.717) is 68.6 Å². The van der Waals surface area contributed by atoms with E-state index in [2.05, 4.69) is 26.6 Å². The molecule has 0 saturated heterocycles. The summed E-state index contributed by atoms with van der Waals surface area (Å²) in [5.41, 5.74) is 23.3. The Labute approximate surface area is 510 Å². The number of cyclic esters (lactones) is 1. The second kappa shape index (κ2) is 29.7. The van der Waals surface area contributed by atoms with E-state index in [-0.39, 0.29) is 93.9 Å². The van der Waals surface area contributed by atoms with E-state index in [0.717, 1.165) is 38.7 Å². The molecular formula is C66H78N10O12. The van der Waals surface area contributed by atoms with Crippen LogP contribution in [0.25, 0.3) is 33.4 Å². The van der Waals surface area contributed by atoms with Gasteiger partial charge in [-0.3, -0.25) is 28.8 Å². The maximum atomic E-state index is 14.4. The number of para-hydroxylation sites is 1. The number of hydrogen-bond acceptors (Lipinski definition) is 16. The number of unbranched alkanes of at least 4 members (excludes halogenated alkanes) is 3. The Hall–Kier alpha value is -8.83. The number of nitrogens with two attached hydrogens (primary N) is 3. The number of nitrogens with zero attached hydrogens (tertiary/aromatic N) is 2. The van der Waals surface area contributed by atoms with Crippen LogP contribution in [-0.4, -0.2) is 113 Å². The summed E-state index contributed by atoms with van der Waals surface area (Å²) in [4.78, 5) is 115. The van der Waals surface area contributed by atoms with Crippen molar-refractivity contribution >= 4 is 52.6 Å². The molecule has 2 aliphatic heterocycles. The third kappa shape index (κ3) is 14.9. The first-order valence-corrected chi connectivity index (χ1v) is 30.3. The van der Waals surface area contributed by atoms with Crippen molar-refractivity contribution in [3.8, 4) is 22.5 Å². The van der Waals surface area contributed by atoms with Crippen LogP contribution >= 0.6 is 0 Å². The zero-order valence-corrected chi connectivity index (χ0v) is 49.4. The van der Waals surface area contributed by atoms with E-state index in [4.69, 9.17) is 36.4 Å². The number of fused-ring (bicyclic) bond motifs is 8. The molecule has 12 N–H and O–H groups in total. The molecule has 1 aliphatic carbocycles. The Morgan fingerprint density at radius 2 is 1.34 bits per heavy atom. The number of benzene rings is 4. The van der Waals surface area contributed by atoms with Crippen LogP contribution in [0.15, 0.2) is 120 Å². The van der Waals surface area contributed by atoms with Gasteiger partial charge in [0.25, 0.3) is 5.56 Å². The molecule has 0 bridgehead atoms. The Balaban J connectivity index is 0.774. The minimum atomic E-state index is -1.93. The monoisotopic (exact) mass is 1200 g/mol. The molecule has 22 heteroatoms. The molecule has 4 aromatic carbocycles. The summed E-state index contributed by atoms with van der Waals surface area (Å²) in [5.74, 6) is -4.32. The van der Waals surface area contributed by atoms with Crippen molar-refractivity contribution in [2.45, 2.75) is 145 Å². The van der Waals surface area contributed by atoms with Gasteiger partial charge in [0, 0.05) is 41.8 Å². The highest BCUT2D eigenvalue weighted by molar-refractivity contribution is 5.94. The number of ether oxygens (including phenoxy) is 3. The normalized spacial score (nSPS) is 16.2. The van der Waals surface area contributed by atoms with Crippen LogP contribution in [0.3, 0.4) is 0 Å². The number of amides is 5. The molecular weight excluding hydrogens is 1120 g/mol. The lowest BCUT2D eigenvalue weighted by Crippen LogP contribution is -2.59. The topological polar surface area (TPSA) is 341 Å². The lowest BCUT2D eigenvalue weighted by molar-refractivity contribution is -0.189. The number of pyridine rings is 2. The number of nitrogens with one attached hydrogen (secondary N) is 5. The molecule has 2 aromatic heterocycles. The average molecular weight is 1200 g/mol. The molecule has 0 saturated carbocycles. The maximum Gasteiger partial charge on any atom is 0.407 e. The van der Waals surface area contributed by atoms with E-state index in [1.165, 1.54) is 0 Å². The Bertz CT molecular complexity index is 3530. The maximum absolute atomic E-state index is 14.4. The van der Waals surface area contributed by atoms with Crippen LogP contribution in [0.1, 0.15) is 123 Å². The smallest absolute Gasteiger partial charge is 0.407 e. The summed E-state index contributed by atoms with van der Waals surface area (Å²) < 4.78 is 18.8. The standard InChI is InChI=1S/C66H78N10O12/c1-2-66(49-36-55-58-42(35-41-20-6-11-25-50(41)71-58)37-76(55)63(83)48(49)39-86-64(66)84)88-57(78)30-29-56(77)70-33-17-14-26-51(59(69)79)72-60(80)52(27-12-15-31-67)73-62(82)54(34-40-18-4-3-5-19-40)74-61(81)53(28-13-16-32-68)75-65(85)87-38-47-45-23-9-7-21-43(45)44-22-8-10-24-46(44)47/h3-11,18-25,35-36,47,51-54,59,79H,2,12-17,26-34,37-39,67-69H2,1H3,(H,70,77)(H,72,80)(H,73,82)(H,74,81)(H,75,85)/t51-,52-,53-,54-,59?,66-/m0/s1. The number of rotatable bonds is 30. The van der Waals surface area contributed by atoms with Crippen molar-refractivity contribution in [2.75, 3.05) is 26.2 Å². The predicted molar refractivity (Wildman–Crippen MR) is 328 cm³/mol. The third-order valence-corrected chi connectivity index (χ3v) is 16.6. The Morgan fingerprint density at radius 3 is 2.02 bits per heavy atom. The lowest BCUT2D eigenvalue weighted by atomic mass is 9.85. The summed E-state index contributed by atoms with van der Waals surface area (Å²) >= 11 is 0. The fraction of sp³-hybridized carbons (Fsp3) is 0.409. The van der Waals surface area contributed by atoms with Gasteiger partial charge >= 0.3 is 18.0 Å². The van der Waals surface area contributed by atoms with E-state index in [9.17, 15) is 43.5 Å². The average Bonchev–Trinajstić information content (AvgIpc) is 1.65. The van der Waals surface area contributed by atoms with Crippen LogP contribution in [0.4, 0.5) is 4.79 Å². The summed E-state index contributed by atoms with van der Waals surface area (Å²) in [5, 5.41) is 25.6. The van der Waals surface area contributed by atoms with E-state index >= 15 is 0 Å². The highest BCUT2D eigenvalue weighted by Crippen LogP contribution is 2.45. The Morgan fingerprint density at radius 1 is 0.727 bits per heavy atom. The molecule has 0 fully saturated rings. The number of carbonyl (C=O) groups excluding carboxylic acids is 7. The molecule has 9 rings (SSSR count). The molecule has 1 unspecified atom stereocenters. The molecule has 3 aliphatic rings. The number of alkyl carbamates (subject to hydrolysis) is 1. The van der Waals surface area contributed by atoms with Crippen LogP contribution in [0.5, 0.6) is 0 Å². The van der Waals surface area contributed by atoms with Gasteiger partial charge in [-0.15, -0.1) is 0 Å². The van der Waals surface area contributed by atoms with Gasteiger partial charge in [-0.2, -0.15) is 0 Å². The first-order valence-electron chi connectivity index (χ1n) is 30.3. The zero-order chi connectivity index (χ0) is 62.3. The van der Waals surface area contributed by atoms with Crippen LogP contribution in [0, 0.1) is 0 Å². The van der Waals surface area contributed by atoms with Crippen molar-refractivity contribution in [2.24, 2.45) is 17.2 Å². The van der Waals surface area contributed by atoms with Gasteiger partial charge < -0.3 is 67.7 Å². The van der Waals surface area contributed by atoms with Gasteiger partial charge in [-0.05, 0) is 123 Å². The number of aliphatic hydroxyl groups is 1. The second-order valence-corrected chi connectivity index (χ2v) is 22.6. The highest BCUT2D eigenvalue weighted by Gasteiger charge is 2.50. The van der Waals surface area contributed by atoms with Gasteiger partial charge in [0.05, 0.1) is 41.5 Å². The van der Waals surface area contributed by atoms with Crippen molar-refractivity contribution in [1.82, 2.24) is 36.1 Å². The number of carbonyl (C=O) groups is 7. The summed E-state index contributed by atoms with van der Waals surface area (Å²) in [6, 6.07) is 31.7. The first-order chi connectivity index (χ1) is 42.6. The molecule has 6 aromatic rings. The summed E-state index contributed by atoms with van der Waals surface area (Å²) in [6.45, 7) is 2.49. The number of aromatic nitrogens is 2. The third-order valence-electron chi connectivity index (χ3n) is 16.6. The SMILES string of the molecule is CC[C@@]1(OC(=O)CCC(=O)NCCCC[C@H](NC(=O)[C@H](CCCCN)NC(=O)[C@H](Cc2ccccc2)NC(=O)[C@H](CCCCN)NC(=O)OCC2c3ccccc3-c3ccccc32)C(N)O)C(=O)OCc2c1cc1n(c2=O)Cc2cc3ccccc3nc2-1. The van der Waals surface area contributed by atoms with Crippen molar-refractivity contribution in [3.05, 3.63) is 159 Å². The quantitative estimate of drug-likeness (QED) is 0.0126. The minimum absolute atomic E-state index is 0.0218. The van der Waals surface area contributed by atoms with E-state index in [1.54, 1.807) is 41.8 Å². The van der Waals surface area contributed by atoms with E-state index < -0.39 is 77.7 Å². The van der Waals surface area contributed by atoms with Crippen LogP contribution in [-0.2, 0) is 68.2 Å². The van der Waals surface area contributed by atoms with Gasteiger partial charge in [0.15, 0.2) is 0 Å². The van der Waals surface area contributed by atoms with Gasteiger partial charge in [0.1, 0.15) is 37.6 Å². The molecule has 5 amide bonds. The highest BCUT2D eigenvalue weighted by atomic mass is 16.6. The van der Waals surface area contributed by atoms with Crippen LogP contribution < -0.4 is 49.3 Å². The number of hydrogen-bond donors (Lipinski definition) is 9. The molecule has 0 spiro atoms. The fourth-order valence-electron chi connectivity index (χ4n) is 11.9. The lowest BCUT2D eigenvalue weighted by Gasteiger charge is -2.35. The van der Waals surface area contributed by atoms with Crippen molar-refractivity contribution in [3.63, 3.8) is 0 Å². The minimum Gasteiger partial charge on any atom is -0.457 e. The molecule has 22 nitrogen and oxygen atoms in total. The summed E-state index contributed by atoms with van der Waals surface area (Å²) in [7, 11) is 0. The first kappa shape index (κ1) is 63.7.